The third-order valence-electron chi connectivity index (χ3n) is 1.60. The number of benzene rings is 1. The molecule has 0 aromatic heterocycles. The summed E-state index contributed by atoms with van der Waals surface area (Å²) in [5, 5.41) is 2.48. The second-order valence-corrected chi connectivity index (χ2v) is 2.66. The molecule has 0 aliphatic carbocycles. The first-order valence-corrected chi connectivity index (χ1v) is 3.93. The Morgan fingerprint density at radius 2 is 2.00 bits per heavy atom. The van der Waals surface area contributed by atoms with Crippen LogP contribution in [0.25, 0.3) is 0 Å². The van der Waals surface area contributed by atoms with Gasteiger partial charge in [0.05, 0.1) is 0 Å². The lowest BCUT2D eigenvalue weighted by atomic mass is 10.1. The molecular formula is C10H10NO2. The Kier molecular flexibility index (Phi) is 3.20. The minimum absolute atomic E-state index is 0.239. The molecule has 0 heterocycles. The lowest BCUT2D eigenvalue weighted by Crippen LogP contribution is -2.26. The van der Waals surface area contributed by atoms with Gasteiger partial charge in [0.25, 0.3) is 0 Å². The maximum Gasteiger partial charge on any atom is 0.227 e. The molecule has 0 aliphatic rings. The van der Waals surface area contributed by atoms with Gasteiger partial charge >= 0.3 is 0 Å². The number of amides is 1. The topological polar surface area (TPSA) is 46.2 Å². The van der Waals surface area contributed by atoms with Crippen molar-refractivity contribution in [3.8, 4) is 0 Å². The summed E-state index contributed by atoms with van der Waals surface area (Å²) in [5.74, 6) is -0.239. The van der Waals surface area contributed by atoms with Crippen LogP contribution in [0.1, 0.15) is 18.5 Å². The van der Waals surface area contributed by atoms with Gasteiger partial charge in [-0.25, -0.2) is 0 Å². The Hall–Kier alpha value is -1.64. The smallest absolute Gasteiger partial charge is 0.227 e. The summed E-state index contributed by atoms with van der Waals surface area (Å²) in [6.07, 6.45) is 1.77. The average molecular weight is 176 g/mol. The zero-order valence-electron chi connectivity index (χ0n) is 7.28. The van der Waals surface area contributed by atoms with Crippen molar-refractivity contribution in [1.82, 2.24) is 5.32 Å². The highest BCUT2D eigenvalue weighted by atomic mass is 16.2. The molecule has 0 aliphatic heterocycles. The molecule has 67 valence electrons. The Balaban J connectivity index is 2.78. The van der Waals surface area contributed by atoms with Crippen LogP contribution in [0.15, 0.2) is 30.3 Å². The minimum Gasteiger partial charge on any atom is -0.342 e. The summed E-state index contributed by atoms with van der Waals surface area (Å²) < 4.78 is 0. The van der Waals surface area contributed by atoms with E-state index in [-0.39, 0.29) is 5.91 Å². The fourth-order valence-electron chi connectivity index (χ4n) is 1.03. The lowest BCUT2D eigenvalue weighted by molar-refractivity contribution is -0.119. The zero-order chi connectivity index (χ0) is 9.68. The van der Waals surface area contributed by atoms with Crippen molar-refractivity contribution in [3.05, 3.63) is 35.9 Å². The maximum atomic E-state index is 10.7. The van der Waals surface area contributed by atoms with Gasteiger partial charge in [0.2, 0.25) is 12.2 Å². The highest BCUT2D eigenvalue weighted by Crippen LogP contribution is 2.08. The number of nitrogens with one attached hydrogen (secondary N) is 1. The minimum atomic E-state index is -0.654. The summed E-state index contributed by atoms with van der Waals surface area (Å²) in [6.45, 7) is 1.37. The summed E-state index contributed by atoms with van der Waals surface area (Å²) in [4.78, 5) is 21.2. The van der Waals surface area contributed by atoms with Crippen LogP contribution in [0.2, 0.25) is 0 Å². The van der Waals surface area contributed by atoms with E-state index in [4.69, 9.17) is 0 Å². The molecule has 1 unspecified atom stereocenters. The quantitative estimate of drug-likeness (QED) is 0.746. The van der Waals surface area contributed by atoms with Gasteiger partial charge in [0.15, 0.2) is 0 Å². The van der Waals surface area contributed by atoms with Gasteiger partial charge in [0, 0.05) is 6.92 Å². The molecule has 1 atom stereocenters. The number of hydrogen-bond donors (Lipinski definition) is 1. The van der Waals surface area contributed by atoms with Crippen molar-refractivity contribution in [2.75, 3.05) is 0 Å². The molecule has 0 fully saturated rings. The molecule has 1 aromatic rings. The van der Waals surface area contributed by atoms with E-state index in [9.17, 15) is 9.59 Å². The van der Waals surface area contributed by atoms with E-state index in [0.717, 1.165) is 5.56 Å². The third kappa shape index (κ3) is 2.71. The Morgan fingerprint density at radius 3 is 2.46 bits per heavy atom. The van der Waals surface area contributed by atoms with E-state index in [1.165, 1.54) is 6.92 Å². The van der Waals surface area contributed by atoms with Gasteiger partial charge in [-0.05, 0) is 5.56 Å². The van der Waals surface area contributed by atoms with E-state index < -0.39 is 6.04 Å². The molecular weight excluding hydrogens is 166 g/mol. The lowest BCUT2D eigenvalue weighted by Gasteiger charge is -2.09. The summed E-state index contributed by atoms with van der Waals surface area (Å²) in [7, 11) is 0. The average Bonchev–Trinajstić information content (AvgIpc) is 2.15. The van der Waals surface area contributed by atoms with Gasteiger partial charge in [-0.1, -0.05) is 30.3 Å². The first-order valence-electron chi connectivity index (χ1n) is 3.93. The van der Waals surface area contributed by atoms with E-state index >= 15 is 0 Å². The normalized spacial score (nSPS) is 11.8. The Morgan fingerprint density at radius 1 is 1.38 bits per heavy atom. The molecule has 13 heavy (non-hydrogen) atoms. The van der Waals surface area contributed by atoms with Gasteiger partial charge in [0.1, 0.15) is 6.04 Å². The Labute approximate surface area is 76.8 Å². The summed E-state index contributed by atoms with van der Waals surface area (Å²) in [5.41, 5.74) is 0.743. The van der Waals surface area contributed by atoms with Crippen LogP contribution >= 0.6 is 0 Å². The van der Waals surface area contributed by atoms with Crippen molar-refractivity contribution in [3.63, 3.8) is 0 Å². The van der Waals surface area contributed by atoms with Crippen LogP contribution in [0.5, 0.6) is 0 Å². The number of hydrogen-bond acceptors (Lipinski definition) is 2. The number of carbonyl (C=O) groups excluding carboxylic acids is 2. The second-order valence-electron chi connectivity index (χ2n) is 2.66. The van der Waals surface area contributed by atoms with Crippen molar-refractivity contribution < 1.29 is 9.59 Å². The van der Waals surface area contributed by atoms with Crippen LogP contribution in [-0.4, -0.2) is 12.2 Å². The third-order valence-corrected chi connectivity index (χ3v) is 1.60. The standard InChI is InChI=1S/C10H10NO2/c1-8(13)11-10(7-12)9-5-3-2-4-6-9/h2-6,10H,1H3,(H,11,13). The van der Waals surface area contributed by atoms with Crippen molar-refractivity contribution in [2.45, 2.75) is 13.0 Å². The highest BCUT2D eigenvalue weighted by Gasteiger charge is 2.10. The first kappa shape index (κ1) is 9.45. The van der Waals surface area contributed by atoms with Crippen LogP contribution in [0, 0.1) is 0 Å². The van der Waals surface area contributed by atoms with E-state index in [1.807, 2.05) is 18.2 Å². The Bertz CT molecular complexity index is 295. The van der Waals surface area contributed by atoms with Crippen LogP contribution in [0.4, 0.5) is 0 Å². The van der Waals surface area contributed by atoms with Gasteiger partial charge < -0.3 is 5.32 Å². The molecule has 3 heteroatoms. The van der Waals surface area contributed by atoms with Crippen LogP contribution in [-0.2, 0) is 9.59 Å². The van der Waals surface area contributed by atoms with Crippen molar-refractivity contribution in [2.24, 2.45) is 0 Å². The van der Waals surface area contributed by atoms with Gasteiger partial charge in [-0.2, -0.15) is 0 Å². The predicted molar refractivity (Wildman–Crippen MR) is 48.7 cm³/mol. The van der Waals surface area contributed by atoms with Crippen molar-refractivity contribution in [1.29, 1.82) is 0 Å². The fourth-order valence-corrected chi connectivity index (χ4v) is 1.03. The fraction of sp³-hybridized carbons (Fsp3) is 0.200. The molecule has 1 radical (unpaired) electrons. The van der Waals surface area contributed by atoms with Crippen molar-refractivity contribution >= 4 is 12.2 Å². The highest BCUT2D eigenvalue weighted by molar-refractivity contribution is 5.78. The van der Waals surface area contributed by atoms with Crippen LogP contribution < -0.4 is 5.32 Å². The SMILES string of the molecule is CC(=O)NC([C]=O)c1ccccc1. The van der Waals surface area contributed by atoms with Gasteiger partial charge in [-0.3, -0.25) is 9.59 Å². The molecule has 0 saturated heterocycles. The molecule has 1 aromatic carbocycles. The maximum absolute atomic E-state index is 10.7. The van der Waals surface area contributed by atoms with E-state index in [1.54, 1.807) is 18.4 Å². The molecule has 0 saturated carbocycles. The van der Waals surface area contributed by atoms with Crippen LogP contribution in [0.3, 0.4) is 0 Å². The predicted octanol–water partition coefficient (Wildman–Crippen LogP) is 0.974. The largest absolute Gasteiger partial charge is 0.342 e. The monoisotopic (exact) mass is 176 g/mol. The van der Waals surface area contributed by atoms with E-state index in [2.05, 4.69) is 5.32 Å². The molecule has 1 N–H and O–H groups in total. The van der Waals surface area contributed by atoms with Gasteiger partial charge in [-0.15, -0.1) is 0 Å². The number of carbonyl (C=O) groups is 1. The molecule has 0 spiro atoms. The summed E-state index contributed by atoms with van der Waals surface area (Å²) in [6, 6.07) is 8.35. The second kappa shape index (κ2) is 4.40. The zero-order valence-corrected chi connectivity index (χ0v) is 7.28. The molecule has 1 rings (SSSR count). The van der Waals surface area contributed by atoms with E-state index in [0.29, 0.717) is 0 Å². The first-order chi connectivity index (χ1) is 6.24. The number of rotatable bonds is 3. The molecule has 0 bridgehead atoms. The molecule has 1 amide bonds. The molecule has 3 nitrogen and oxygen atoms in total. The summed E-state index contributed by atoms with van der Waals surface area (Å²) >= 11 is 0.